The van der Waals surface area contributed by atoms with Gasteiger partial charge in [-0.1, -0.05) is 47.5 Å². The highest BCUT2D eigenvalue weighted by molar-refractivity contribution is 6.42. The van der Waals surface area contributed by atoms with Crippen LogP contribution in [0.25, 0.3) is 0 Å². The monoisotopic (exact) mass is 380 g/mol. The number of amides is 1. The molecule has 2 N–H and O–H groups in total. The Morgan fingerprint density at radius 2 is 1.84 bits per heavy atom. The Balaban J connectivity index is 1.91. The predicted octanol–water partition coefficient (Wildman–Crippen LogP) is 4.14. The molecule has 0 fully saturated rings. The van der Waals surface area contributed by atoms with Crippen LogP contribution in [0.1, 0.15) is 25.0 Å². The van der Waals surface area contributed by atoms with Gasteiger partial charge in [0.2, 0.25) is 5.91 Å². The Hall–Kier alpha value is -1.75. The fourth-order valence-corrected chi connectivity index (χ4v) is 2.69. The van der Waals surface area contributed by atoms with Crippen molar-refractivity contribution in [1.82, 2.24) is 10.6 Å². The lowest BCUT2D eigenvalue weighted by Crippen LogP contribution is -2.43. The maximum atomic E-state index is 12.2. The molecule has 0 spiro atoms. The van der Waals surface area contributed by atoms with Gasteiger partial charge >= 0.3 is 0 Å². The largest absolute Gasteiger partial charge is 0.496 e. The molecular formula is C19H22Cl2N2O2. The van der Waals surface area contributed by atoms with Gasteiger partial charge in [0.1, 0.15) is 5.75 Å². The highest BCUT2D eigenvalue weighted by Crippen LogP contribution is 2.28. The van der Waals surface area contributed by atoms with Crippen LogP contribution in [0.4, 0.5) is 0 Å². The van der Waals surface area contributed by atoms with E-state index in [0.29, 0.717) is 16.6 Å². The molecule has 2 aromatic carbocycles. The maximum absolute atomic E-state index is 12.2. The number of hydrogen-bond donors (Lipinski definition) is 2. The van der Waals surface area contributed by atoms with Crippen LogP contribution in [-0.4, -0.2) is 19.6 Å². The summed E-state index contributed by atoms with van der Waals surface area (Å²) < 4.78 is 5.28. The molecule has 0 saturated carbocycles. The first-order valence-electron chi connectivity index (χ1n) is 7.92. The molecule has 0 unspecified atom stereocenters. The average Bonchev–Trinajstić information content (AvgIpc) is 2.60. The van der Waals surface area contributed by atoms with Crippen LogP contribution in [0.3, 0.4) is 0 Å². The minimum atomic E-state index is -0.421. The first-order valence-corrected chi connectivity index (χ1v) is 8.68. The van der Waals surface area contributed by atoms with Gasteiger partial charge in [-0.3, -0.25) is 10.1 Å². The summed E-state index contributed by atoms with van der Waals surface area (Å²) in [6.45, 7) is 4.57. The standard InChI is InChI=1S/C19H22Cl2N2O2/c1-19(2,14-8-9-15(20)16(21)10-14)23-12-18(24)22-11-13-6-4-5-7-17(13)25-3/h4-10,23H,11-12H2,1-3H3,(H,22,24). The van der Waals surface area contributed by atoms with E-state index < -0.39 is 5.54 Å². The van der Waals surface area contributed by atoms with E-state index in [9.17, 15) is 4.79 Å². The number of nitrogens with one attached hydrogen (secondary N) is 2. The van der Waals surface area contributed by atoms with Crippen molar-refractivity contribution in [2.45, 2.75) is 25.9 Å². The van der Waals surface area contributed by atoms with Crippen LogP contribution >= 0.6 is 23.2 Å². The Bertz CT molecular complexity index is 748. The Kier molecular flexibility index (Phi) is 6.71. The molecule has 134 valence electrons. The molecule has 0 aliphatic carbocycles. The number of para-hydroxylation sites is 1. The van der Waals surface area contributed by atoms with Gasteiger partial charge < -0.3 is 10.1 Å². The number of methoxy groups -OCH3 is 1. The molecule has 2 aromatic rings. The number of halogens is 2. The summed E-state index contributed by atoms with van der Waals surface area (Å²) in [5.41, 5.74) is 1.47. The van der Waals surface area contributed by atoms with Crippen LogP contribution in [-0.2, 0) is 16.9 Å². The lowest BCUT2D eigenvalue weighted by Gasteiger charge is -2.27. The zero-order chi connectivity index (χ0) is 18.4. The van der Waals surface area contributed by atoms with Crippen molar-refractivity contribution < 1.29 is 9.53 Å². The van der Waals surface area contributed by atoms with Crippen LogP contribution < -0.4 is 15.4 Å². The third-order valence-electron chi connectivity index (χ3n) is 4.00. The summed E-state index contributed by atoms with van der Waals surface area (Å²) in [5.74, 6) is 0.658. The number of carbonyl (C=O) groups excluding carboxylic acids is 1. The van der Waals surface area contributed by atoms with E-state index in [2.05, 4.69) is 10.6 Å². The highest BCUT2D eigenvalue weighted by Gasteiger charge is 2.21. The zero-order valence-corrected chi connectivity index (χ0v) is 16.0. The van der Waals surface area contributed by atoms with Gasteiger partial charge in [0, 0.05) is 17.6 Å². The number of benzene rings is 2. The van der Waals surface area contributed by atoms with Crippen molar-refractivity contribution in [3.8, 4) is 5.75 Å². The second kappa shape index (κ2) is 8.56. The normalized spacial score (nSPS) is 11.2. The van der Waals surface area contributed by atoms with Crippen LogP contribution in [0.2, 0.25) is 10.0 Å². The Labute approximate surface area is 158 Å². The molecule has 4 nitrogen and oxygen atoms in total. The smallest absolute Gasteiger partial charge is 0.234 e. The van der Waals surface area contributed by atoms with E-state index in [-0.39, 0.29) is 12.5 Å². The first-order chi connectivity index (χ1) is 11.8. The quantitative estimate of drug-likeness (QED) is 0.758. The molecule has 0 heterocycles. The molecule has 0 radical (unpaired) electrons. The minimum Gasteiger partial charge on any atom is -0.496 e. The van der Waals surface area contributed by atoms with E-state index in [1.807, 2.05) is 50.2 Å². The van der Waals surface area contributed by atoms with E-state index in [1.165, 1.54) is 0 Å². The topological polar surface area (TPSA) is 50.4 Å². The van der Waals surface area contributed by atoms with Crippen molar-refractivity contribution >= 4 is 29.1 Å². The lowest BCUT2D eigenvalue weighted by molar-refractivity contribution is -0.120. The van der Waals surface area contributed by atoms with Gasteiger partial charge in [0.15, 0.2) is 0 Å². The van der Waals surface area contributed by atoms with Gasteiger partial charge in [0.25, 0.3) is 0 Å². The Morgan fingerprint density at radius 1 is 1.12 bits per heavy atom. The first kappa shape index (κ1) is 19.6. The number of carbonyl (C=O) groups is 1. The predicted molar refractivity (Wildman–Crippen MR) is 102 cm³/mol. The summed E-state index contributed by atoms with van der Waals surface area (Å²) in [6.07, 6.45) is 0. The molecule has 0 aliphatic heterocycles. The van der Waals surface area contributed by atoms with E-state index >= 15 is 0 Å². The van der Waals surface area contributed by atoms with Gasteiger partial charge in [0.05, 0.1) is 23.7 Å². The second-order valence-electron chi connectivity index (χ2n) is 6.20. The molecule has 2 rings (SSSR count). The van der Waals surface area contributed by atoms with Gasteiger partial charge in [-0.2, -0.15) is 0 Å². The summed E-state index contributed by atoms with van der Waals surface area (Å²) in [4.78, 5) is 12.2. The van der Waals surface area contributed by atoms with Gasteiger partial charge in [-0.15, -0.1) is 0 Å². The maximum Gasteiger partial charge on any atom is 0.234 e. The summed E-state index contributed by atoms with van der Waals surface area (Å²) in [6, 6.07) is 13.1. The molecule has 6 heteroatoms. The minimum absolute atomic E-state index is 0.0981. The summed E-state index contributed by atoms with van der Waals surface area (Å²) in [5, 5.41) is 7.14. The molecule has 1 amide bonds. The van der Waals surface area contributed by atoms with E-state index in [4.69, 9.17) is 27.9 Å². The number of ether oxygens (including phenoxy) is 1. The van der Waals surface area contributed by atoms with Gasteiger partial charge in [-0.25, -0.2) is 0 Å². The fourth-order valence-electron chi connectivity index (χ4n) is 2.39. The number of rotatable bonds is 7. The summed E-state index contributed by atoms with van der Waals surface area (Å²) >= 11 is 12.0. The molecule has 0 atom stereocenters. The molecule has 0 saturated heterocycles. The number of hydrogen-bond acceptors (Lipinski definition) is 3. The Morgan fingerprint density at radius 3 is 2.52 bits per heavy atom. The third-order valence-corrected chi connectivity index (χ3v) is 4.74. The molecule has 25 heavy (non-hydrogen) atoms. The van der Waals surface area contributed by atoms with E-state index in [1.54, 1.807) is 13.2 Å². The highest BCUT2D eigenvalue weighted by atomic mass is 35.5. The zero-order valence-electron chi connectivity index (χ0n) is 14.5. The molecule has 0 aliphatic rings. The molecular weight excluding hydrogens is 359 g/mol. The van der Waals surface area contributed by atoms with Crippen molar-refractivity contribution in [2.24, 2.45) is 0 Å². The van der Waals surface area contributed by atoms with Crippen molar-refractivity contribution in [2.75, 3.05) is 13.7 Å². The third kappa shape index (κ3) is 5.36. The second-order valence-corrected chi connectivity index (χ2v) is 7.01. The van der Waals surface area contributed by atoms with Gasteiger partial charge in [-0.05, 0) is 37.6 Å². The van der Waals surface area contributed by atoms with Crippen molar-refractivity contribution in [3.63, 3.8) is 0 Å². The molecule has 0 aromatic heterocycles. The average molecular weight is 381 g/mol. The fraction of sp³-hybridized carbons (Fsp3) is 0.316. The van der Waals surface area contributed by atoms with Crippen LogP contribution in [0.5, 0.6) is 5.75 Å². The lowest BCUT2D eigenvalue weighted by atomic mass is 9.94. The molecule has 0 bridgehead atoms. The van der Waals surface area contributed by atoms with Crippen molar-refractivity contribution in [3.05, 3.63) is 63.6 Å². The summed E-state index contributed by atoms with van der Waals surface area (Å²) in [7, 11) is 1.61. The van der Waals surface area contributed by atoms with Crippen LogP contribution in [0.15, 0.2) is 42.5 Å². The van der Waals surface area contributed by atoms with Crippen molar-refractivity contribution in [1.29, 1.82) is 0 Å². The van der Waals surface area contributed by atoms with Crippen LogP contribution in [0, 0.1) is 0 Å². The SMILES string of the molecule is COc1ccccc1CNC(=O)CNC(C)(C)c1ccc(Cl)c(Cl)c1. The van der Waals surface area contributed by atoms with E-state index in [0.717, 1.165) is 16.9 Å².